The summed E-state index contributed by atoms with van der Waals surface area (Å²) in [5.41, 5.74) is 1.09. The van der Waals surface area contributed by atoms with Crippen LogP contribution in [0.15, 0.2) is 30.3 Å². The molecule has 0 bridgehead atoms. The fourth-order valence-corrected chi connectivity index (χ4v) is 2.31. The second-order valence-electron chi connectivity index (χ2n) is 5.04. The molecular weight excluding hydrogens is 254 g/mol. The van der Waals surface area contributed by atoms with E-state index < -0.39 is 0 Å². The standard InChI is InChI=1S/C16H21NO3/c18-15-9-5-2-6-11-17(15)16(19)10-12-20-13-14-7-3-1-4-8-14/h1,3-4,7-8H,2,5-6,9-13H2. The normalized spacial score (nSPS) is 16.0. The number of amides is 2. The van der Waals surface area contributed by atoms with Crippen LogP contribution < -0.4 is 0 Å². The molecule has 1 aromatic carbocycles. The summed E-state index contributed by atoms with van der Waals surface area (Å²) in [5, 5.41) is 0. The van der Waals surface area contributed by atoms with Crippen LogP contribution in [0.1, 0.15) is 37.7 Å². The summed E-state index contributed by atoms with van der Waals surface area (Å²) in [7, 11) is 0. The molecule has 1 aromatic rings. The summed E-state index contributed by atoms with van der Waals surface area (Å²) in [4.78, 5) is 25.2. The van der Waals surface area contributed by atoms with Crippen molar-refractivity contribution in [3.8, 4) is 0 Å². The first kappa shape index (κ1) is 14.7. The number of likely N-dealkylation sites (tertiary alicyclic amines) is 1. The molecule has 1 fully saturated rings. The maximum absolute atomic E-state index is 12.0. The molecule has 1 aliphatic heterocycles. The van der Waals surface area contributed by atoms with E-state index in [-0.39, 0.29) is 18.2 Å². The van der Waals surface area contributed by atoms with Crippen LogP contribution in [-0.2, 0) is 20.9 Å². The molecule has 0 spiro atoms. The van der Waals surface area contributed by atoms with Gasteiger partial charge in [0.15, 0.2) is 0 Å². The van der Waals surface area contributed by atoms with Crippen molar-refractivity contribution in [2.45, 2.75) is 38.7 Å². The smallest absolute Gasteiger partial charge is 0.231 e. The number of carbonyl (C=O) groups is 2. The summed E-state index contributed by atoms with van der Waals surface area (Å²) in [5.74, 6) is -0.138. The third-order valence-electron chi connectivity index (χ3n) is 3.45. The predicted molar refractivity (Wildman–Crippen MR) is 75.9 cm³/mol. The molecule has 0 atom stereocenters. The van der Waals surface area contributed by atoms with E-state index in [2.05, 4.69) is 0 Å². The number of nitrogens with zero attached hydrogens (tertiary/aromatic N) is 1. The average molecular weight is 275 g/mol. The number of hydrogen-bond acceptors (Lipinski definition) is 3. The van der Waals surface area contributed by atoms with Gasteiger partial charge in [0.25, 0.3) is 0 Å². The Morgan fingerprint density at radius 2 is 1.95 bits per heavy atom. The van der Waals surface area contributed by atoms with Crippen LogP contribution in [0.5, 0.6) is 0 Å². The van der Waals surface area contributed by atoms with Gasteiger partial charge in [-0.05, 0) is 18.4 Å². The summed E-state index contributed by atoms with van der Waals surface area (Å²) in [6, 6.07) is 9.85. The van der Waals surface area contributed by atoms with E-state index in [1.165, 1.54) is 4.90 Å². The van der Waals surface area contributed by atoms with Gasteiger partial charge in [-0.25, -0.2) is 0 Å². The number of rotatable bonds is 5. The first-order chi connectivity index (χ1) is 9.77. The van der Waals surface area contributed by atoms with E-state index in [1.807, 2.05) is 30.3 Å². The van der Waals surface area contributed by atoms with Crippen LogP contribution in [0.3, 0.4) is 0 Å². The zero-order valence-electron chi connectivity index (χ0n) is 11.7. The van der Waals surface area contributed by atoms with Crippen LogP contribution >= 0.6 is 0 Å². The second-order valence-corrected chi connectivity index (χ2v) is 5.04. The molecular formula is C16H21NO3. The third kappa shape index (κ3) is 4.46. The average Bonchev–Trinajstić information content (AvgIpc) is 2.69. The molecule has 0 N–H and O–H groups in total. The van der Waals surface area contributed by atoms with Gasteiger partial charge in [-0.2, -0.15) is 0 Å². The van der Waals surface area contributed by atoms with E-state index in [9.17, 15) is 9.59 Å². The van der Waals surface area contributed by atoms with Crippen LogP contribution in [0.25, 0.3) is 0 Å². The van der Waals surface area contributed by atoms with Crippen molar-refractivity contribution in [3.05, 3.63) is 35.9 Å². The molecule has 0 radical (unpaired) electrons. The molecule has 1 aliphatic rings. The van der Waals surface area contributed by atoms with Crippen molar-refractivity contribution >= 4 is 11.8 Å². The molecule has 0 saturated carbocycles. The molecule has 108 valence electrons. The second kappa shape index (κ2) is 7.80. The van der Waals surface area contributed by atoms with E-state index in [1.54, 1.807) is 0 Å². The van der Waals surface area contributed by atoms with E-state index >= 15 is 0 Å². The zero-order chi connectivity index (χ0) is 14.2. The monoisotopic (exact) mass is 275 g/mol. The lowest BCUT2D eigenvalue weighted by molar-refractivity contribution is -0.145. The Kier molecular flexibility index (Phi) is 5.74. The highest BCUT2D eigenvalue weighted by Gasteiger charge is 2.22. The fourth-order valence-electron chi connectivity index (χ4n) is 2.31. The number of imide groups is 1. The van der Waals surface area contributed by atoms with Gasteiger partial charge in [-0.3, -0.25) is 14.5 Å². The lowest BCUT2D eigenvalue weighted by Gasteiger charge is -2.18. The van der Waals surface area contributed by atoms with Crippen LogP contribution in [0.4, 0.5) is 0 Å². The Balaban J connectivity index is 1.70. The predicted octanol–water partition coefficient (Wildman–Crippen LogP) is 2.52. The van der Waals surface area contributed by atoms with Gasteiger partial charge in [0.05, 0.1) is 19.6 Å². The summed E-state index contributed by atoms with van der Waals surface area (Å²) in [6.07, 6.45) is 3.62. The van der Waals surface area contributed by atoms with Crippen LogP contribution in [0, 0.1) is 0 Å². The van der Waals surface area contributed by atoms with Gasteiger partial charge in [0.2, 0.25) is 11.8 Å². The maximum atomic E-state index is 12.0. The molecule has 1 heterocycles. The first-order valence-electron chi connectivity index (χ1n) is 7.22. The van der Waals surface area contributed by atoms with Crippen molar-refractivity contribution < 1.29 is 14.3 Å². The molecule has 0 aliphatic carbocycles. The minimum atomic E-state index is -0.107. The molecule has 0 unspecified atom stereocenters. The minimum absolute atomic E-state index is 0.0319. The third-order valence-corrected chi connectivity index (χ3v) is 3.45. The largest absolute Gasteiger partial charge is 0.376 e. The van der Waals surface area contributed by atoms with Crippen molar-refractivity contribution in [1.82, 2.24) is 4.90 Å². The quantitative estimate of drug-likeness (QED) is 0.776. The Morgan fingerprint density at radius 1 is 1.15 bits per heavy atom. The number of benzene rings is 1. The minimum Gasteiger partial charge on any atom is -0.376 e. The van der Waals surface area contributed by atoms with Gasteiger partial charge in [-0.15, -0.1) is 0 Å². The highest BCUT2D eigenvalue weighted by atomic mass is 16.5. The van der Waals surface area contributed by atoms with Crippen molar-refractivity contribution in [3.63, 3.8) is 0 Å². The number of carbonyl (C=O) groups excluding carboxylic acids is 2. The van der Waals surface area contributed by atoms with Crippen LogP contribution in [-0.4, -0.2) is 29.9 Å². The summed E-state index contributed by atoms with van der Waals surface area (Å²) >= 11 is 0. The highest BCUT2D eigenvalue weighted by Crippen LogP contribution is 2.12. The topological polar surface area (TPSA) is 46.6 Å². The van der Waals surface area contributed by atoms with E-state index in [0.29, 0.717) is 26.2 Å². The van der Waals surface area contributed by atoms with Gasteiger partial charge in [0, 0.05) is 13.0 Å². The highest BCUT2D eigenvalue weighted by molar-refractivity contribution is 5.95. The number of hydrogen-bond donors (Lipinski definition) is 0. The fraction of sp³-hybridized carbons (Fsp3) is 0.500. The van der Waals surface area contributed by atoms with E-state index in [4.69, 9.17) is 4.74 Å². The summed E-state index contributed by atoms with van der Waals surface area (Å²) in [6.45, 7) is 1.43. The van der Waals surface area contributed by atoms with Crippen LogP contribution in [0.2, 0.25) is 0 Å². The lowest BCUT2D eigenvalue weighted by atomic mass is 10.2. The maximum Gasteiger partial charge on any atom is 0.231 e. The van der Waals surface area contributed by atoms with Crippen molar-refractivity contribution in [1.29, 1.82) is 0 Å². The van der Waals surface area contributed by atoms with Gasteiger partial charge >= 0.3 is 0 Å². The first-order valence-corrected chi connectivity index (χ1v) is 7.22. The van der Waals surface area contributed by atoms with Gasteiger partial charge in [0.1, 0.15) is 0 Å². The molecule has 4 nitrogen and oxygen atoms in total. The summed E-state index contributed by atoms with van der Waals surface area (Å²) < 4.78 is 5.49. The molecule has 0 aromatic heterocycles. The molecule has 20 heavy (non-hydrogen) atoms. The van der Waals surface area contributed by atoms with Gasteiger partial charge < -0.3 is 4.74 Å². The Morgan fingerprint density at radius 3 is 2.75 bits per heavy atom. The molecule has 1 saturated heterocycles. The Bertz CT molecular complexity index is 444. The lowest BCUT2D eigenvalue weighted by Crippen LogP contribution is -2.36. The Labute approximate surface area is 119 Å². The Hall–Kier alpha value is -1.68. The number of ether oxygens (including phenoxy) is 1. The van der Waals surface area contributed by atoms with Crippen molar-refractivity contribution in [2.75, 3.05) is 13.2 Å². The van der Waals surface area contributed by atoms with Gasteiger partial charge in [-0.1, -0.05) is 36.8 Å². The van der Waals surface area contributed by atoms with E-state index in [0.717, 1.165) is 24.8 Å². The SMILES string of the molecule is O=C1CCCCCN1C(=O)CCOCc1ccccc1. The molecule has 4 heteroatoms. The molecule has 2 amide bonds. The molecule has 2 rings (SSSR count). The zero-order valence-corrected chi connectivity index (χ0v) is 11.7. The van der Waals surface area contributed by atoms with Crippen molar-refractivity contribution in [2.24, 2.45) is 0 Å².